The molecular formula is C24H24FN3O2. The molecule has 0 saturated heterocycles. The summed E-state index contributed by atoms with van der Waals surface area (Å²) in [6.45, 7) is 4.38. The van der Waals surface area contributed by atoms with Crippen LogP contribution in [0.25, 0.3) is 16.5 Å². The first kappa shape index (κ1) is 19.9. The standard InChI is InChI=1S/C24H24FN3O2/c1-3-12-30-23(26)20-14-28(24(29)16-8-10-17(25)11-9-16)15(2)13-19-18-6-4-5-7-21(18)27-22(19)20/h4-11,14-15,26-27H,3,12-13H2,1-2H3. The fourth-order valence-electron chi connectivity index (χ4n) is 3.82. The molecule has 154 valence electrons. The van der Waals surface area contributed by atoms with E-state index in [9.17, 15) is 9.18 Å². The number of para-hydroxylation sites is 1. The summed E-state index contributed by atoms with van der Waals surface area (Å²) in [5.74, 6) is -0.601. The summed E-state index contributed by atoms with van der Waals surface area (Å²) in [4.78, 5) is 18.3. The fraction of sp³-hybridized carbons (Fsp3) is 0.250. The Labute approximate surface area is 174 Å². The zero-order chi connectivity index (χ0) is 21.3. The maximum Gasteiger partial charge on any atom is 0.258 e. The van der Waals surface area contributed by atoms with Crippen molar-refractivity contribution < 1.29 is 13.9 Å². The molecule has 1 aromatic heterocycles. The van der Waals surface area contributed by atoms with Gasteiger partial charge in [0.2, 0.25) is 5.90 Å². The first-order valence-electron chi connectivity index (χ1n) is 10.1. The second kappa shape index (κ2) is 8.14. The fourth-order valence-corrected chi connectivity index (χ4v) is 3.82. The molecule has 1 aliphatic heterocycles. The largest absolute Gasteiger partial charge is 0.478 e. The molecule has 0 radical (unpaired) electrons. The minimum Gasteiger partial charge on any atom is -0.478 e. The molecule has 1 aliphatic rings. The molecule has 1 atom stereocenters. The second-order valence-corrected chi connectivity index (χ2v) is 7.52. The molecule has 5 nitrogen and oxygen atoms in total. The molecule has 2 N–H and O–H groups in total. The van der Waals surface area contributed by atoms with Crippen LogP contribution in [0.1, 0.15) is 41.9 Å². The molecule has 0 aliphatic carbocycles. The maximum absolute atomic E-state index is 13.3. The monoisotopic (exact) mass is 405 g/mol. The van der Waals surface area contributed by atoms with E-state index < -0.39 is 0 Å². The van der Waals surface area contributed by atoms with E-state index in [1.54, 1.807) is 11.1 Å². The molecule has 0 saturated carbocycles. The van der Waals surface area contributed by atoms with Crippen molar-refractivity contribution in [3.63, 3.8) is 0 Å². The number of hydrogen-bond donors (Lipinski definition) is 2. The minimum absolute atomic E-state index is 0.0238. The number of fused-ring (bicyclic) bond motifs is 3. The van der Waals surface area contributed by atoms with E-state index in [1.807, 2.05) is 38.1 Å². The number of nitrogens with zero attached hydrogens (tertiary/aromatic N) is 1. The van der Waals surface area contributed by atoms with Gasteiger partial charge in [-0.25, -0.2) is 4.39 Å². The van der Waals surface area contributed by atoms with Crippen molar-refractivity contribution in [3.8, 4) is 0 Å². The summed E-state index contributed by atoms with van der Waals surface area (Å²) in [7, 11) is 0. The van der Waals surface area contributed by atoms with E-state index >= 15 is 0 Å². The highest BCUT2D eigenvalue weighted by molar-refractivity contribution is 6.19. The van der Waals surface area contributed by atoms with Crippen LogP contribution in [0, 0.1) is 11.2 Å². The molecular weight excluding hydrogens is 381 g/mol. The van der Waals surface area contributed by atoms with Gasteiger partial charge >= 0.3 is 0 Å². The molecule has 6 heteroatoms. The van der Waals surface area contributed by atoms with E-state index in [1.165, 1.54) is 24.3 Å². The van der Waals surface area contributed by atoms with E-state index in [-0.39, 0.29) is 23.7 Å². The predicted molar refractivity (Wildman–Crippen MR) is 116 cm³/mol. The number of benzene rings is 2. The third-order valence-corrected chi connectivity index (χ3v) is 5.35. The highest BCUT2D eigenvalue weighted by atomic mass is 19.1. The summed E-state index contributed by atoms with van der Waals surface area (Å²) >= 11 is 0. The third-order valence-electron chi connectivity index (χ3n) is 5.35. The average molecular weight is 405 g/mol. The van der Waals surface area contributed by atoms with Gasteiger partial charge in [0.1, 0.15) is 5.82 Å². The number of aromatic amines is 1. The van der Waals surface area contributed by atoms with Crippen LogP contribution in [0.15, 0.2) is 54.7 Å². The summed E-state index contributed by atoms with van der Waals surface area (Å²) in [5.41, 5.74) is 3.79. The minimum atomic E-state index is -0.386. The van der Waals surface area contributed by atoms with E-state index in [0.717, 1.165) is 28.6 Å². The number of ether oxygens (including phenoxy) is 1. The number of rotatable bonds is 4. The summed E-state index contributed by atoms with van der Waals surface area (Å²) in [6, 6.07) is 13.4. The van der Waals surface area contributed by atoms with E-state index in [4.69, 9.17) is 10.1 Å². The number of hydrogen-bond acceptors (Lipinski definition) is 3. The second-order valence-electron chi connectivity index (χ2n) is 7.52. The van der Waals surface area contributed by atoms with Crippen LogP contribution >= 0.6 is 0 Å². The Balaban J connectivity index is 1.82. The number of nitrogens with one attached hydrogen (secondary N) is 2. The smallest absolute Gasteiger partial charge is 0.258 e. The lowest BCUT2D eigenvalue weighted by Crippen LogP contribution is -2.35. The summed E-state index contributed by atoms with van der Waals surface area (Å²) < 4.78 is 19.0. The van der Waals surface area contributed by atoms with Crippen molar-refractivity contribution in [2.24, 2.45) is 0 Å². The SMILES string of the molecule is CCCOC(=N)C1=CN(C(=O)c2ccc(F)cc2)C(C)Cc2c1[nH]c1ccccc21. The topological polar surface area (TPSA) is 69.2 Å². The number of aromatic nitrogens is 1. The van der Waals surface area contributed by atoms with Crippen LogP contribution in [-0.2, 0) is 11.2 Å². The Morgan fingerprint density at radius 1 is 1.23 bits per heavy atom. The van der Waals surface area contributed by atoms with Gasteiger partial charge in [-0.1, -0.05) is 25.1 Å². The Hall–Kier alpha value is -3.41. The van der Waals surface area contributed by atoms with Crippen molar-refractivity contribution in [2.75, 3.05) is 6.61 Å². The highest BCUT2D eigenvalue weighted by Gasteiger charge is 2.30. The number of carbonyl (C=O) groups is 1. The first-order chi connectivity index (χ1) is 14.5. The van der Waals surface area contributed by atoms with Crippen LogP contribution in [-0.4, -0.2) is 34.3 Å². The van der Waals surface area contributed by atoms with Gasteiger partial charge in [-0.15, -0.1) is 0 Å². The number of amides is 1. The molecule has 0 spiro atoms. The average Bonchev–Trinajstić information content (AvgIpc) is 3.03. The van der Waals surface area contributed by atoms with Gasteiger partial charge in [0.05, 0.1) is 17.9 Å². The maximum atomic E-state index is 13.3. The summed E-state index contributed by atoms with van der Waals surface area (Å²) in [5, 5.41) is 9.59. The van der Waals surface area contributed by atoms with Crippen LogP contribution in [0.2, 0.25) is 0 Å². The molecule has 0 bridgehead atoms. The zero-order valence-corrected chi connectivity index (χ0v) is 17.0. The molecule has 2 aromatic carbocycles. The Kier molecular flexibility index (Phi) is 5.40. The van der Waals surface area contributed by atoms with Crippen LogP contribution < -0.4 is 0 Å². The van der Waals surface area contributed by atoms with Crippen molar-refractivity contribution in [3.05, 3.63) is 77.4 Å². The molecule has 3 aromatic rings. The number of carbonyl (C=O) groups excluding carboxylic acids is 1. The Morgan fingerprint density at radius 2 is 1.97 bits per heavy atom. The lowest BCUT2D eigenvalue weighted by Gasteiger charge is -2.25. The molecule has 4 rings (SSSR count). The van der Waals surface area contributed by atoms with Crippen LogP contribution in [0.5, 0.6) is 0 Å². The third kappa shape index (κ3) is 3.61. The van der Waals surface area contributed by atoms with Gasteiger partial charge in [-0.2, -0.15) is 0 Å². The van der Waals surface area contributed by atoms with Crippen molar-refractivity contribution >= 4 is 28.3 Å². The summed E-state index contributed by atoms with van der Waals surface area (Å²) in [6.07, 6.45) is 3.09. The predicted octanol–water partition coefficient (Wildman–Crippen LogP) is 5.14. The van der Waals surface area contributed by atoms with Crippen LogP contribution in [0.3, 0.4) is 0 Å². The molecule has 1 amide bonds. The molecule has 1 unspecified atom stereocenters. The van der Waals surface area contributed by atoms with Gasteiger partial charge in [0.15, 0.2) is 0 Å². The first-order valence-corrected chi connectivity index (χ1v) is 10.1. The van der Waals surface area contributed by atoms with E-state index in [0.29, 0.717) is 24.2 Å². The van der Waals surface area contributed by atoms with Gasteiger partial charge in [0.25, 0.3) is 5.91 Å². The lowest BCUT2D eigenvalue weighted by atomic mass is 10.0. The molecule has 2 heterocycles. The van der Waals surface area contributed by atoms with Gasteiger partial charge in [-0.05, 0) is 55.7 Å². The molecule has 0 fully saturated rings. The lowest BCUT2D eigenvalue weighted by molar-refractivity contribution is 0.0780. The Bertz CT molecular complexity index is 1130. The van der Waals surface area contributed by atoms with Crippen molar-refractivity contribution in [2.45, 2.75) is 32.7 Å². The normalized spacial score (nSPS) is 16.0. The Morgan fingerprint density at radius 3 is 2.70 bits per heavy atom. The van der Waals surface area contributed by atoms with E-state index in [2.05, 4.69) is 4.98 Å². The zero-order valence-electron chi connectivity index (χ0n) is 17.0. The van der Waals surface area contributed by atoms with Gasteiger partial charge in [-0.3, -0.25) is 10.2 Å². The highest BCUT2D eigenvalue weighted by Crippen LogP contribution is 2.33. The van der Waals surface area contributed by atoms with Crippen LogP contribution in [0.4, 0.5) is 4.39 Å². The van der Waals surface area contributed by atoms with Crippen molar-refractivity contribution in [1.82, 2.24) is 9.88 Å². The number of halogens is 1. The quantitative estimate of drug-likeness (QED) is 0.466. The van der Waals surface area contributed by atoms with Crippen molar-refractivity contribution in [1.29, 1.82) is 5.41 Å². The van der Waals surface area contributed by atoms with Gasteiger partial charge in [0, 0.05) is 28.7 Å². The van der Waals surface area contributed by atoms with Gasteiger partial charge < -0.3 is 14.6 Å². The number of H-pyrrole nitrogens is 1. The molecule has 30 heavy (non-hydrogen) atoms.